The van der Waals surface area contributed by atoms with Gasteiger partial charge in [0.25, 0.3) is 0 Å². The number of halogens is 1. The van der Waals surface area contributed by atoms with Crippen molar-refractivity contribution in [3.63, 3.8) is 0 Å². The first kappa shape index (κ1) is 14.9. The van der Waals surface area contributed by atoms with Gasteiger partial charge in [0.1, 0.15) is 0 Å². The second-order valence-corrected chi connectivity index (χ2v) is 7.53. The van der Waals surface area contributed by atoms with Crippen molar-refractivity contribution >= 4 is 21.6 Å². The molecule has 1 aromatic rings. The van der Waals surface area contributed by atoms with Crippen LogP contribution in [0.3, 0.4) is 0 Å². The molecular weight excluding hydrogens is 302 g/mol. The summed E-state index contributed by atoms with van der Waals surface area (Å²) in [5.74, 6) is 0.753. The molecule has 1 aromatic carbocycles. The topological polar surface area (TPSA) is 23.5 Å². The van der Waals surface area contributed by atoms with E-state index in [0.717, 1.165) is 29.0 Å². The third-order valence-electron chi connectivity index (χ3n) is 4.21. The van der Waals surface area contributed by atoms with Gasteiger partial charge in [-0.05, 0) is 42.4 Å². The monoisotopic (exact) mass is 325 g/mol. The summed E-state index contributed by atoms with van der Waals surface area (Å²) in [6, 6.07) is 6.28. The minimum absolute atomic E-state index is 0.380. The van der Waals surface area contributed by atoms with Crippen molar-refractivity contribution in [3.8, 4) is 0 Å². The minimum Gasteiger partial charge on any atom is -0.389 e. The zero-order valence-electron chi connectivity index (χ0n) is 12.3. The molecule has 3 heteroatoms. The largest absolute Gasteiger partial charge is 0.389 e. The van der Waals surface area contributed by atoms with Crippen molar-refractivity contribution in [2.24, 2.45) is 11.3 Å². The fourth-order valence-corrected chi connectivity index (χ4v) is 3.45. The average Bonchev–Trinajstić information content (AvgIpc) is 2.76. The first-order valence-electron chi connectivity index (χ1n) is 7.01. The van der Waals surface area contributed by atoms with E-state index in [-0.39, 0.29) is 0 Å². The van der Waals surface area contributed by atoms with Crippen LogP contribution in [0.1, 0.15) is 45.8 Å². The molecule has 1 N–H and O–H groups in total. The molecular formula is C16H24BrNO. The lowest BCUT2D eigenvalue weighted by Crippen LogP contribution is -2.25. The fraction of sp³-hybridized carbons (Fsp3) is 0.625. The van der Waals surface area contributed by atoms with Gasteiger partial charge in [-0.1, -0.05) is 42.8 Å². The molecule has 2 rings (SSSR count). The van der Waals surface area contributed by atoms with E-state index in [1.807, 2.05) is 6.07 Å². The van der Waals surface area contributed by atoms with Gasteiger partial charge in [-0.15, -0.1) is 0 Å². The summed E-state index contributed by atoms with van der Waals surface area (Å²) < 4.78 is 0.999. The van der Waals surface area contributed by atoms with Crippen LogP contribution in [0.5, 0.6) is 0 Å². The van der Waals surface area contributed by atoms with E-state index in [1.165, 1.54) is 12.1 Å². The molecule has 1 aliphatic rings. The number of nitrogens with zero attached hydrogens (tertiary/aromatic N) is 1. The fourth-order valence-electron chi connectivity index (χ4n) is 2.75. The van der Waals surface area contributed by atoms with Gasteiger partial charge in [0.05, 0.1) is 6.10 Å². The van der Waals surface area contributed by atoms with Crippen molar-refractivity contribution in [3.05, 3.63) is 28.2 Å². The van der Waals surface area contributed by atoms with Gasteiger partial charge in [-0.2, -0.15) is 0 Å². The molecule has 0 aliphatic carbocycles. The highest BCUT2D eigenvalue weighted by atomic mass is 79.9. The lowest BCUT2D eigenvalue weighted by molar-refractivity contribution is 0.198. The molecule has 1 fully saturated rings. The van der Waals surface area contributed by atoms with E-state index in [2.05, 4.69) is 53.7 Å². The standard InChI is InChI=1S/C16H24BrNO/c1-11(19)14-6-5-13(9-15(14)17)18-8-7-12(10-18)16(2,3)4/h5-6,9,11-12,19H,7-8,10H2,1-4H3. The van der Waals surface area contributed by atoms with E-state index in [0.29, 0.717) is 5.41 Å². The molecule has 0 aromatic heterocycles. The molecule has 1 heterocycles. The van der Waals surface area contributed by atoms with Gasteiger partial charge >= 0.3 is 0 Å². The number of aliphatic hydroxyl groups excluding tert-OH is 1. The van der Waals surface area contributed by atoms with Crippen molar-refractivity contribution in [1.29, 1.82) is 0 Å². The smallest absolute Gasteiger partial charge is 0.0772 e. The highest BCUT2D eigenvalue weighted by Gasteiger charge is 2.31. The normalized spacial score (nSPS) is 21.8. The Morgan fingerprint density at radius 2 is 2.05 bits per heavy atom. The van der Waals surface area contributed by atoms with E-state index < -0.39 is 6.10 Å². The van der Waals surface area contributed by atoms with Crippen LogP contribution in [0.2, 0.25) is 0 Å². The molecule has 106 valence electrons. The highest BCUT2D eigenvalue weighted by Crippen LogP contribution is 2.37. The van der Waals surface area contributed by atoms with Crippen LogP contribution in [-0.2, 0) is 0 Å². The first-order chi connectivity index (χ1) is 8.79. The molecule has 1 saturated heterocycles. The van der Waals surface area contributed by atoms with Gasteiger partial charge in [-0.25, -0.2) is 0 Å². The number of aliphatic hydroxyl groups is 1. The van der Waals surface area contributed by atoms with E-state index in [1.54, 1.807) is 6.92 Å². The first-order valence-corrected chi connectivity index (χ1v) is 7.81. The van der Waals surface area contributed by atoms with Crippen LogP contribution >= 0.6 is 15.9 Å². The quantitative estimate of drug-likeness (QED) is 0.872. The van der Waals surface area contributed by atoms with Crippen LogP contribution in [0.15, 0.2) is 22.7 Å². The Morgan fingerprint density at radius 1 is 1.37 bits per heavy atom. The van der Waals surface area contributed by atoms with Crippen LogP contribution in [-0.4, -0.2) is 18.2 Å². The summed E-state index contributed by atoms with van der Waals surface area (Å²) in [7, 11) is 0. The predicted molar refractivity (Wildman–Crippen MR) is 84.6 cm³/mol. The summed E-state index contributed by atoms with van der Waals surface area (Å²) in [6.07, 6.45) is 0.837. The highest BCUT2D eigenvalue weighted by molar-refractivity contribution is 9.10. The number of anilines is 1. The summed E-state index contributed by atoms with van der Waals surface area (Å²) in [5.41, 5.74) is 2.59. The third-order valence-corrected chi connectivity index (χ3v) is 4.90. The second-order valence-electron chi connectivity index (χ2n) is 6.68. The Labute approximate surface area is 124 Å². The molecule has 0 spiro atoms. The molecule has 2 nitrogen and oxygen atoms in total. The van der Waals surface area contributed by atoms with E-state index >= 15 is 0 Å². The Bertz CT molecular complexity index is 451. The minimum atomic E-state index is -0.427. The van der Waals surface area contributed by atoms with Gasteiger partial charge in [-0.3, -0.25) is 0 Å². The zero-order valence-corrected chi connectivity index (χ0v) is 13.9. The molecule has 0 radical (unpaired) electrons. The van der Waals surface area contributed by atoms with Crippen molar-refractivity contribution in [2.75, 3.05) is 18.0 Å². The lowest BCUT2D eigenvalue weighted by Gasteiger charge is -2.27. The maximum Gasteiger partial charge on any atom is 0.0772 e. The molecule has 0 saturated carbocycles. The zero-order chi connectivity index (χ0) is 14.2. The van der Waals surface area contributed by atoms with Crippen molar-refractivity contribution < 1.29 is 5.11 Å². The maximum absolute atomic E-state index is 9.67. The average molecular weight is 326 g/mol. The molecule has 0 amide bonds. The van der Waals surface area contributed by atoms with Gasteiger partial charge in [0.2, 0.25) is 0 Å². The summed E-state index contributed by atoms with van der Waals surface area (Å²) in [5, 5.41) is 9.67. The summed E-state index contributed by atoms with van der Waals surface area (Å²) in [6.45, 7) is 11.0. The number of benzene rings is 1. The van der Waals surface area contributed by atoms with E-state index in [4.69, 9.17) is 0 Å². The molecule has 0 bridgehead atoms. The van der Waals surface area contributed by atoms with Gasteiger partial charge < -0.3 is 10.0 Å². The van der Waals surface area contributed by atoms with Crippen molar-refractivity contribution in [1.82, 2.24) is 0 Å². The predicted octanol–water partition coefficient (Wildman–Crippen LogP) is 4.37. The Morgan fingerprint density at radius 3 is 2.53 bits per heavy atom. The lowest BCUT2D eigenvalue weighted by atomic mass is 9.80. The number of hydrogen-bond donors (Lipinski definition) is 1. The summed E-state index contributed by atoms with van der Waals surface area (Å²) in [4.78, 5) is 2.45. The molecule has 2 unspecified atom stereocenters. The Hall–Kier alpha value is -0.540. The van der Waals surface area contributed by atoms with E-state index in [9.17, 15) is 5.11 Å². The van der Waals surface area contributed by atoms with Crippen molar-refractivity contribution in [2.45, 2.75) is 40.2 Å². The van der Waals surface area contributed by atoms with Crippen LogP contribution < -0.4 is 4.90 Å². The van der Waals surface area contributed by atoms with Crippen LogP contribution in [0, 0.1) is 11.3 Å². The maximum atomic E-state index is 9.67. The molecule has 2 atom stereocenters. The van der Waals surface area contributed by atoms with Crippen LogP contribution in [0.25, 0.3) is 0 Å². The Kier molecular flexibility index (Phi) is 4.26. The number of rotatable bonds is 2. The van der Waals surface area contributed by atoms with Gasteiger partial charge in [0, 0.05) is 23.2 Å². The number of hydrogen-bond acceptors (Lipinski definition) is 2. The third kappa shape index (κ3) is 3.32. The summed E-state index contributed by atoms with van der Waals surface area (Å²) >= 11 is 3.56. The Balaban J connectivity index is 2.14. The van der Waals surface area contributed by atoms with Crippen LogP contribution in [0.4, 0.5) is 5.69 Å². The molecule has 1 aliphatic heterocycles. The second kappa shape index (κ2) is 5.45. The van der Waals surface area contributed by atoms with Gasteiger partial charge in [0.15, 0.2) is 0 Å². The molecule has 19 heavy (non-hydrogen) atoms. The SMILES string of the molecule is CC(O)c1ccc(N2CCC(C(C)(C)C)C2)cc1Br.